The van der Waals surface area contributed by atoms with Crippen LogP contribution in [0.1, 0.15) is 11.3 Å². The average Bonchev–Trinajstić information content (AvgIpc) is 2.30. The summed E-state index contributed by atoms with van der Waals surface area (Å²) in [6, 6.07) is 10.1. The number of nitrogens with one attached hydrogen (secondary N) is 1. The molecule has 1 aromatic heterocycles. The second-order valence-electron chi connectivity index (χ2n) is 3.72. The number of halogens is 1. The number of aromatic amines is 1. The molecule has 0 atom stereocenters. The standard InChI is InChI=1S/C13H9BrN2O2/c1-8-4-10(6-13(17)16-8)18-12-5-9(7-15)2-3-11(12)14/h2-6H,1H3,(H,16,17). The van der Waals surface area contributed by atoms with Crippen LogP contribution in [0.25, 0.3) is 0 Å². The van der Waals surface area contributed by atoms with Gasteiger partial charge in [0, 0.05) is 17.8 Å². The van der Waals surface area contributed by atoms with Gasteiger partial charge in [-0.25, -0.2) is 0 Å². The number of nitrogens with zero attached hydrogens (tertiary/aromatic N) is 1. The molecule has 0 saturated heterocycles. The molecule has 2 rings (SSSR count). The fraction of sp³-hybridized carbons (Fsp3) is 0.0769. The van der Waals surface area contributed by atoms with Crippen molar-refractivity contribution < 1.29 is 4.74 Å². The fourth-order valence-electron chi connectivity index (χ4n) is 1.49. The Kier molecular flexibility index (Phi) is 3.49. The fourth-order valence-corrected chi connectivity index (χ4v) is 1.82. The molecule has 2 aromatic rings. The second kappa shape index (κ2) is 5.07. The highest BCUT2D eigenvalue weighted by Gasteiger charge is 2.05. The van der Waals surface area contributed by atoms with E-state index in [1.54, 1.807) is 31.2 Å². The molecule has 18 heavy (non-hydrogen) atoms. The van der Waals surface area contributed by atoms with Gasteiger partial charge in [0.2, 0.25) is 0 Å². The van der Waals surface area contributed by atoms with E-state index in [1.165, 1.54) is 6.07 Å². The average molecular weight is 305 g/mol. The molecule has 0 fully saturated rings. The quantitative estimate of drug-likeness (QED) is 0.927. The Balaban J connectivity index is 2.39. The van der Waals surface area contributed by atoms with Crippen LogP contribution in [-0.4, -0.2) is 4.98 Å². The highest BCUT2D eigenvalue weighted by atomic mass is 79.9. The third-order valence-electron chi connectivity index (χ3n) is 2.24. The molecular formula is C13H9BrN2O2. The largest absolute Gasteiger partial charge is 0.456 e. The van der Waals surface area contributed by atoms with Crippen molar-refractivity contribution in [3.05, 3.63) is 56.4 Å². The van der Waals surface area contributed by atoms with E-state index in [2.05, 4.69) is 20.9 Å². The lowest BCUT2D eigenvalue weighted by Gasteiger charge is -2.08. The van der Waals surface area contributed by atoms with Crippen molar-refractivity contribution in [1.29, 1.82) is 5.26 Å². The van der Waals surface area contributed by atoms with Gasteiger partial charge in [0.15, 0.2) is 0 Å². The lowest BCUT2D eigenvalue weighted by molar-refractivity contribution is 0.477. The highest BCUT2D eigenvalue weighted by Crippen LogP contribution is 2.30. The third-order valence-corrected chi connectivity index (χ3v) is 2.90. The lowest BCUT2D eigenvalue weighted by Crippen LogP contribution is -2.05. The molecule has 0 spiro atoms. The number of aryl methyl sites for hydroxylation is 1. The summed E-state index contributed by atoms with van der Waals surface area (Å²) in [6.07, 6.45) is 0. The van der Waals surface area contributed by atoms with E-state index in [0.717, 1.165) is 4.47 Å². The smallest absolute Gasteiger partial charge is 0.251 e. The molecule has 0 unspecified atom stereocenters. The maximum absolute atomic E-state index is 11.3. The van der Waals surface area contributed by atoms with Crippen LogP contribution in [0, 0.1) is 18.3 Å². The monoisotopic (exact) mass is 304 g/mol. The van der Waals surface area contributed by atoms with Gasteiger partial charge in [-0.05, 0) is 41.1 Å². The van der Waals surface area contributed by atoms with Gasteiger partial charge in [0.1, 0.15) is 11.5 Å². The molecular weight excluding hydrogens is 296 g/mol. The maximum atomic E-state index is 11.3. The number of rotatable bonds is 2. The number of hydrogen-bond donors (Lipinski definition) is 1. The minimum absolute atomic E-state index is 0.224. The Morgan fingerprint density at radius 2 is 2.11 bits per heavy atom. The van der Waals surface area contributed by atoms with Gasteiger partial charge in [-0.1, -0.05) is 0 Å². The van der Waals surface area contributed by atoms with Crippen molar-refractivity contribution in [2.24, 2.45) is 0 Å². The van der Waals surface area contributed by atoms with Crippen molar-refractivity contribution in [2.75, 3.05) is 0 Å². The topological polar surface area (TPSA) is 65.9 Å². The van der Waals surface area contributed by atoms with E-state index in [9.17, 15) is 4.79 Å². The zero-order valence-corrected chi connectivity index (χ0v) is 11.1. The molecule has 0 aliphatic heterocycles. The van der Waals surface area contributed by atoms with Crippen molar-refractivity contribution in [3.63, 3.8) is 0 Å². The molecule has 0 saturated carbocycles. The molecule has 0 radical (unpaired) electrons. The first-order chi connectivity index (χ1) is 8.58. The molecule has 4 nitrogen and oxygen atoms in total. The number of nitriles is 1. The minimum atomic E-state index is -0.224. The van der Waals surface area contributed by atoms with Gasteiger partial charge in [-0.15, -0.1) is 0 Å². The van der Waals surface area contributed by atoms with Gasteiger partial charge >= 0.3 is 0 Å². The Hall–Kier alpha value is -2.06. The second-order valence-corrected chi connectivity index (χ2v) is 4.58. The zero-order chi connectivity index (χ0) is 13.1. The van der Waals surface area contributed by atoms with Crippen LogP contribution in [0.2, 0.25) is 0 Å². The maximum Gasteiger partial charge on any atom is 0.251 e. The summed E-state index contributed by atoms with van der Waals surface area (Å²) in [4.78, 5) is 13.9. The van der Waals surface area contributed by atoms with E-state index in [4.69, 9.17) is 10.00 Å². The van der Waals surface area contributed by atoms with Crippen LogP contribution >= 0.6 is 15.9 Å². The highest BCUT2D eigenvalue weighted by molar-refractivity contribution is 9.10. The van der Waals surface area contributed by atoms with Crippen LogP contribution in [0.5, 0.6) is 11.5 Å². The first-order valence-electron chi connectivity index (χ1n) is 5.17. The first kappa shape index (κ1) is 12.4. The number of pyridine rings is 1. The van der Waals surface area contributed by atoms with Gasteiger partial charge in [-0.2, -0.15) is 5.26 Å². The van der Waals surface area contributed by atoms with E-state index < -0.39 is 0 Å². The predicted octanol–water partition coefficient (Wildman–Crippen LogP) is 3.11. The zero-order valence-electron chi connectivity index (χ0n) is 9.53. The van der Waals surface area contributed by atoms with Gasteiger partial charge in [-0.3, -0.25) is 4.79 Å². The van der Waals surface area contributed by atoms with E-state index in [0.29, 0.717) is 22.8 Å². The molecule has 1 N–H and O–H groups in total. The molecule has 0 aliphatic rings. The summed E-state index contributed by atoms with van der Waals surface area (Å²) in [5, 5.41) is 8.83. The van der Waals surface area contributed by atoms with E-state index in [-0.39, 0.29) is 5.56 Å². The van der Waals surface area contributed by atoms with E-state index in [1.807, 2.05) is 6.07 Å². The SMILES string of the molecule is Cc1cc(Oc2cc(C#N)ccc2Br)cc(=O)[nH]1. The third kappa shape index (κ3) is 2.79. The number of benzene rings is 1. The summed E-state index contributed by atoms with van der Waals surface area (Å²) < 4.78 is 6.32. The summed E-state index contributed by atoms with van der Waals surface area (Å²) in [5.74, 6) is 0.936. The Bertz CT molecular complexity index is 686. The van der Waals surface area contributed by atoms with Gasteiger partial charge in [0.25, 0.3) is 5.56 Å². The summed E-state index contributed by atoms with van der Waals surface area (Å²) in [5.41, 5.74) is 0.984. The van der Waals surface area contributed by atoms with Crippen molar-refractivity contribution >= 4 is 15.9 Å². The van der Waals surface area contributed by atoms with Gasteiger partial charge < -0.3 is 9.72 Å². The molecule has 0 bridgehead atoms. The molecule has 5 heteroatoms. The first-order valence-corrected chi connectivity index (χ1v) is 5.96. The number of ether oxygens (including phenoxy) is 1. The van der Waals surface area contributed by atoms with Crippen LogP contribution in [0.15, 0.2) is 39.6 Å². The Morgan fingerprint density at radius 3 is 2.78 bits per heavy atom. The normalized spacial score (nSPS) is 9.83. The Labute approximate surface area is 112 Å². The molecule has 1 aromatic carbocycles. The number of hydrogen-bond acceptors (Lipinski definition) is 3. The van der Waals surface area contributed by atoms with E-state index >= 15 is 0 Å². The van der Waals surface area contributed by atoms with Gasteiger partial charge in [0.05, 0.1) is 16.1 Å². The van der Waals surface area contributed by atoms with Crippen LogP contribution in [-0.2, 0) is 0 Å². The van der Waals surface area contributed by atoms with Crippen LogP contribution in [0.4, 0.5) is 0 Å². The van der Waals surface area contributed by atoms with Crippen molar-refractivity contribution in [3.8, 4) is 17.6 Å². The van der Waals surface area contributed by atoms with Crippen molar-refractivity contribution in [2.45, 2.75) is 6.92 Å². The number of aromatic nitrogens is 1. The predicted molar refractivity (Wildman–Crippen MR) is 70.7 cm³/mol. The molecule has 1 heterocycles. The minimum Gasteiger partial charge on any atom is -0.456 e. The molecule has 0 amide bonds. The summed E-state index contributed by atoms with van der Waals surface area (Å²) in [7, 11) is 0. The number of H-pyrrole nitrogens is 1. The molecule has 0 aliphatic carbocycles. The summed E-state index contributed by atoms with van der Waals surface area (Å²) >= 11 is 3.33. The summed E-state index contributed by atoms with van der Waals surface area (Å²) in [6.45, 7) is 1.77. The Morgan fingerprint density at radius 1 is 1.33 bits per heavy atom. The molecule has 90 valence electrons. The lowest BCUT2D eigenvalue weighted by atomic mass is 10.2. The van der Waals surface area contributed by atoms with Crippen molar-refractivity contribution in [1.82, 2.24) is 4.98 Å². The van der Waals surface area contributed by atoms with Crippen LogP contribution < -0.4 is 10.3 Å². The van der Waals surface area contributed by atoms with Crippen LogP contribution in [0.3, 0.4) is 0 Å².